The molecule has 0 aliphatic heterocycles. The third kappa shape index (κ3) is 7.37. The number of nitrogens with one attached hydrogen (secondary N) is 1. The number of methoxy groups -OCH3 is 1. The fourth-order valence-corrected chi connectivity index (χ4v) is 2.27. The van der Waals surface area contributed by atoms with E-state index in [1.165, 1.54) is 37.7 Å². The first kappa shape index (κ1) is 17.8. The van der Waals surface area contributed by atoms with E-state index in [9.17, 15) is 0 Å². The fourth-order valence-electron chi connectivity index (χ4n) is 2.27. The lowest BCUT2D eigenvalue weighted by molar-refractivity contribution is 0.298. The molecular weight excluding hydrogens is 262 g/mol. The smallest absolute Gasteiger partial charge is 0.127 e. The Balaban J connectivity index is 2.39. The molecule has 0 aromatic heterocycles. The summed E-state index contributed by atoms with van der Waals surface area (Å²) < 4.78 is 11.2. The number of benzene rings is 1. The van der Waals surface area contributed by atoms with E-state index >= 15 is 0 Å². The highest BCUT2D eigenvalue weighted by atomic mass is 16.5. The van der Waals surface area contributed by atoms with Crippen LogP contribution in [0.5, 0.6) is 11.5 Å². The summed E-state index contributed by atoms with van der Waals surface area (Å²) in [5.74, 6) is 1.80. The predicted molar refractivity (Wildman–Crippen MR) is 89.2 cm³/mol. The Morgan fingerprint density at radius 1 is 1.00 bits per heavy atom. The minimum atomic E-state index is 0.790. The lowest BCUT2D eigenvalue weighted by atomic mass is 10.1. The molecule has 0 saturated carbocycles. The van der Waals surface area contributed by atoms with E-state index in [1.54, 1.807) is 7.11 Å². The van der Waals surface area contributed by atoms with Gasteiger partial charge < -0.3 is 14.8 Å². The van der Waals surface area contributed by atoms with Crippen molar-refractivity contribution >= 4 is 0 Å². The van der Waals surface area contributed by atoms with Crippen LogP contribution in [0.3, 0.4) is 0 Å². The summed E-state index contributed by atoms with van der Waals surface area (Å²) in [5, 5.41) is 3.35. The molecule has 0 aliphatic carbocycles. The molecule has 0 unspecified atom stereocenters. The van der Waals surface area contributed by atoms with Crippen molar-refractivity contribution in [3.8, 4) is 11.5 Å². The van der Waals surface area contributed by atoms with Gasteiger partial charge in [-0.2, -0.15) is 0 Å². The van der Waals surface area contributed by atoms with E-state index in [0.717, 1.165) is 37.6 Å². The molecule has 1 aromatic rings. The second-order valence-electron chi connectivity index (χ2n) is 5.37. The van der Waals surface area contributed by atoms with Gasteiger partial charge in [0, 0.05) is 18.2 Å². The normalized spacial score (nSPS) is 10.6. The minimum Gasteiger partial charge on any atom is -0.497 e. The molecule has 0 aliphatic rings. The average Bonchev–Trinajstić information content (AvgIpc) is 2.52. The molecule has 0 bridgehead atoms. The molecule has 0 saturated heterocycles. The number of hydrogen-bond donors (Lipinski definition) is 1. The van der Waals surface area contributed by atoms with Crippen molar-refractivity contribution < 1.29 is 9.47 Å². The summed E-state index contributed by atoms with van der Waals surface area (Å²) in [6.07, 6.45) is 7.70. The van der Waals surface area contributed by atoms with Gasteiger partial charge in [0.05, 0.1) is 13.7 Å². The zero-order valence-corrected chi connectivity index (χ0v) is 13.9. The van der Waals surface area contributed by atoms with E-state index in [0.29, 0.717) is 0 Å². The molecule has 3 heteroatoms. The number of rotatable bonds is 12. The van der Waals surface area contributed by atoms with Gasteiger partial charge in [0.2, 0.25) is 0 Å². The van der Waals surface area contributed by atoms with Crippen LogP contribution in [-0.2, 0) is 6.54 Å². The SMILES string of the molecule is CCCCCCCCOc1cc(OC)ccc1CNCC. The molecule has 0 fully saturated rings. The summed E-state index contributed by atoms with van der Waals surface area (Å²) in [6, 6.07) is 6.06. The number of unbranched alkanes of at least 4 members (excludes halogenated alkanes) is 5. The second kappa shape index (κ2) is 11.4. The van der Waals surface area contributed by atoms with E-state index in [2.05, 4.69) is 25.2 Å². The van der Waals surface area contributed by atoms with Gasteiger partial charge in [0.15, 0.2) is 0 Å². The first-order chi connectivity index (χ1) is 10.3. The van der Waals surface area contributed by atoms with Gasteiger partial charge in [-0.05, 0) is 19.0 Å². The predicted octanol–water partition coefficient (Wildman–Crippen LogP) is 4.54. The maximum absolute atomic E-state index is 5.96. The lowest BCUT2D eigenvalue weighted by Crippen LogP contribution is -2.13. The Kier molecular flexibility index (Phi) is 9.71. The molecule has 0 amide bonds. The van der Waals surface area contributed by atoms with Gasteiger partial charge in [-0.3, -0.25) is 0 Å². The number of ether oxygens (including phenoxy) is 2. The van der Waals surface area contributed by atoms with E-state index in [1.807, 2.05) is 12.1 Å². The molecule has 21 heavy (non-hydrogen) atoms. The van der Waals surface area contributed by atoms with E-state index in [4.69, 9.17) is 9.47 Å². The van der Waals surface area contributed by atoms with Crippen molar-refractivity contribution in [2.45, 2.75) is 58.9 Å². The third-order valence-electron chi connectivity index (χ3n) is 3.60. The highest BCUT2D eigenvalue weighted by Gasteiger charge is 2.05. The Labute approximate surface area is 130 Å². The van der Waals surface area contributed by atoms with Crippen LogP contribution >= 0.6 is 0 Å². The summed E-state index contributed by atoms with van der Waals surface area (Å²) in [7, 11) is 1.69. The van der Waals surface area contributed by atoms with Gasteiger partial charge >= 0.3 is 0 Å². The Hall–Kier alpha value is -1.22. The van der Waals surface area contributed by atoms with Crippen LogP contribution in [0.4, 0.5) is 0 Å². The average molecular weight is 293 g/mol. The van der Waals surface area contributed by atoms with E-state index < -0.39 is 0 Å². The first-order valence-corrected chi connectivity index (χ1v) is 8.32. The van der Waals surface area contributed by atoms with Crippen molar-refractivity contribution in [1.82, 2.24) is 5.32 Å². The standard InChI is InChI=1S/C18H31NO2/c1-4-6-7-8-9-10-13-21-18-14-17(20-3)12-11-16(18)15-19-5-2/h11-12,14,19H,4-10,13,15H2,1-3H3. The molecule has 0 spiro atoms. The molecule has 1 rings (SSSR count). The van der Waals surface area contributed by atoms with Gasteiger partial charge in [-0.15, -0.1) is 0 Å². The van der Waals surface area contributed by atoms with Crippen molar-refractivity contribution in [2.24, 2.45) is 0 Å². The maximum Gasteiger partial charge on any atom is 0.127 e. The Morgan fingerprint density at radius 3 is 2.48 bits per heavy atom. The Morgan fingerprint density at radius 2 is 1.76 bits per heavy atom. The second-order valence-corrected chi connectivity index (χ2v) is 5.37. The monoisotopic (exact) mass is 293 g/mol. The van der Waals surface area contributed by atoms with Gasteiger partial charge in [0.1, 0.15) is 11.5 Å². The van der Waals surface area contributed by atoms with Crippen LogP contribution in [-0.4, -0.2) is 20.3 Å². The quantitative estimate of drug-likeness (QED) is 0.574. The molecule has 1 aromatic carbocycles. The van der Waals surface area contributed by atoms with Gasteiger partial charge in [-0.1, -0.05) is 52.0 Å². The van der Waals surface area contributed by atoms with E-state index in [-0.39, 0.29) is 0 Å². The van der Waals surface area contributed by atoms with Crippen molar-refractivity contribution in [1.29, 1.82) is 0 Å². The highest BCUT2D eigenvalue weighted by Crippen LogP contribution is 2.25. The molecule has 1 N–H and O–H groups in total. The van der Waals surface area contributed by atoms with Crippen LogP contribution in [0.25, 0.3) is 0 Å². The summed E-state index contributed by atoms with van der Waals surface area (Å²) in [5.41, 5.74) is 1.20. The lowest BCUT2D eigenvalue weighted by Gasteiger charge is -2.13. The molecular formula is C18H31NO2. The van der Waals surface area contributed by atoms with Gasteiger partial charge in [-0.25, -0.2) is 0 Å². The van der Waals surface area contributed by atoms with Gasteiger partial charge in [0.25, 0.3) is 0 Å². The molecule has 3 nitrogen and oxygen atoms in total. The van der Waals surface area contributed by atoms with Crippen molar-refractivity contribution in [3.63, 3.8) is 0 Å². The Bertz CT molecular complexity index is 379. The summed E-state index contributed by atoms with van der Waals surface area (Å²) >= 11 is 0. The highest BCUT2D eigenvalue weighted by molar-refractivity contribution is 5.40. The summed E-state index contributed by atoms with van der Waals surface area (Å²) in [6.45, 7) is 6.95. The van der Waals surface area contributed by atoms with Crippen LogP contribution in [0.2, 0.25) is 0 Å². The molecule has 0 radical (unpaired) electrons. The maximum atomic E-state index is 5.96. The molecule has 0 heterocycles. The zero-order valence-electron chi connectivity index (χ0n) is 13.9. The topological polar surface area (TPSA) is 30.5 Å². The molecule has 0 atom stereocenters. The van der Waals surface area contributed by atoms with Crippen LogP contribution in [0.15, 0.2) is 18.2 Å². The van der Waals surface area contributed by atoms with Crippen LogP contribution in [0, 0.1) is 0 Å². The third-order valence-corrected chi connectivity index (χ3v) is 3.60. The minimum absolute atomic E-state index is 0.790. The van der Waals surface area contributed by atoms with Crippen LogP contribution < -0.4 is 14.8 Å². The number of hydrogen-bond acceptors (Lipinski definition) is 3. The fraction of sp³-hybridized carbons (Fsp3) is 0.667. The largest absolute Gasteiger partial charge is 0.497 e. The molecule has 120 valence electrons. The first-order valence-electron chi connectivity index (χ1n) is 8.32. The van der Waals surface area contributed by atoms with Crippen molar-refractivity contribution in [2.75, 3.05) is 20.3 Å². The summed E-state index contributed by atoms with van der Waals surface area (Å²) in [4.78, 5) is 0. The zero-order chi connectivity index (χ0) is 15.3. The van der Waals surface area contributed by atoms with Crippen molar-refractivity contribution in [3.05, 3.63) is 23.8 Å². The van der Waals surface area contributed by atoms with Crippen LogP contribution in [0.1, 0.15) is 57.9 Å².